The van der Waals surface area contributed by atoms with Crippen molar-refractivity contribution in [3.8, 4) is 11.1 Å². The molecule has 2 aromatic rings. The van der Waals surface area contributed by atoms with Gasteiger partial charge < -0.3 is 25.2 Å². The van der Waals surface area contributed by atoms with Gasteiger partial charge in [0.15, 0.2) is 0 Å². The first-order valence-electron chi connectivity index (χ1n) is 12.3. The van der Waals surface area contributed by atoms with Crippen molar-refractivity contribution in [2.45, 2.75) is 43.7 Å². The zero-order chi connectivity index (χ0) is 24.4. The molecule has 8 heteroatoms. The topological polar surface area (TPSA) is 114 Å². The fourth-order valence-corrected chi connectivity index (χ4v) is 5.64. The molecule has 1 aliphatic heterocycles. The Balaban J connectivity index is 1.19. The summed E-state index contributed by atoms with van der Waals surface area (Å²) in [5, 5.41) is 15.2. The molecule has 4 atom stereocenters. The van der Waals surface area contributed by atoms with E-state index in [9.17, 15) is 19.5 Å². The highest BCUT2D eigenvalue weighted by Gasteiger charge is 2.39. The lowest BCUT2D eigenvalue weighted by molar-refractivity contribution is -0.144. The van der Waals surface area contributed by atoms with Crippen molar-refractivity contribution in [2.75, 3.05) is 19.8 Å². The van der Waals surface area contributed by atoms with E-state index in [1.807, 2.05) is 24.3 Å². The maximum atomic E-state index is 12.9. The molecule has 0 radical (unpaired) electrons. The molecule has 2 amide bonds. The molecule has 2 unspecified atom stereocenters. The van der Waals surface area contributed by atoms with Gasteiger partial charge in [-0.05, 0) is 35.1 Å². The minimum absolute atomic E-state index is 0.0497. The lowest BCUT2D eigenvalue weighted by atomic mass is 9.84. The predicted molar refractivity (Wildman–Crippen MR) is 128 cm³/mol. The van der Waals surface area contributed by atoms with Crippen LogP contribution in [-0.4, -0.2) is 55.0 Å². The van der Waals surface area contributed by atoms with E-state index < -0.39 is 36.0 Å². The van der Waals surface area contributed by atoms with Crippen molar-refractivity contribution >= 4 is 18.0 Å². The summed E-state index contributed by atoms with van der Waals surface area (Å²) in [5.74, 6) is -2.39. The number of carbonyl (C=O) groups excluding carboxylic acids is 2. The molecular weight excluding hydrogens is 448 g/mol. The molecule has 1 saturated heterocycles. The van der Waals surface area contributed by atoms with Gasteiger partial charge in [0.05, 0.1) is 31.1 Å². The lowest BCUT2D eigenvalue weighted by Gasteiger charge is -2.30. The third-order valence-corrected chi connectivity index (χ3v) is 7.48. The van der Waals surface area contributed by atoms with Crippen LogP contribution in [0.15, 0.2) is 48.5 Å². The largest absolute Gasteiger partial charge is 0.481 e. The Kier molecular flexibility index (Phi) is 6.72. The van der Waals surface area contributed by atoms with E-state index in [0.717, 1.165) is 35.1 Å². The molecule has 3 aliphatic rings. The van der Waals surface area contributed by atoms with Crippen LogP contribution in [0, 0.1) is 11.8 Å². The van der Waals surface area contributed by atoms with E-state index in [-0.39, 0.29) is 31.6 Å². The number of fused-ring (bicyclic) bond motifs is 3. The SMILES string of the molecule is O=C(NC1COCC1C(=O)N[C@H]1CCCC[C@H]1C(=O)O)OCC1c2ccccc2-c2ccccc21. The summed E-state index contributed by atoms with van der Waals surface area (Å²) in [5.41, 5.74) is 4.56. The van der Waals surface area contributed by atoms with Crippen LogP contribution >= 0.6 is 0 Å². The lowest BCUT2D eigenvalue weighted by Crippen LogP contribution is -2.51. The molecule has 3 N–H and O–H groups in total. The summed E-state index contributed by atoms with van der Waals surface area (Å²) >= 11 is 0. The van der Waals surface area contributed by atoms with Gasteiger partial charge in [0.25, 0.3) is 0 Å². The molecule has 0 aromatic heterocycles. The molecule has 2 aliphatic carbocycles. The van der Waals surface area contributed by atoms with Gasteiger partial charge in [-0.2, -0.15) is 0 Å². The highest BCUT2D eigenvalue weighted by molar-refractivity contribution is 5.82. The van der Waals surface area contributed by atoms with E-state index in [2.05, 4.69) is 34.9 Å². The second-order valence-corrected chi connectivity index (χ2v) is 9.56. The van der Waals surface area contributed by atoms with Crippen LogP contribution in [0.3, 0.4) is 0 Å². The Bertz CT molecular complexity index is 1070. The fraction of sp³-hybridized carbons (Fsp3) is 0.444. The monoisotopic (exact) mass is 478 g/mol. The summed E-state index contributed by atoms with van der Waals surface area (Å²) < 4.78 is 11.1. The molecule has 1 saturated carbocycles. The minimum Gasteiger partial charge on any atom is -0.481 e. The van der Waals surface area contributed by atoms with Crippen LogP contribution in [0.5, 0.6) is 0 Å². The Morgan fingerprint density at radius 3 is 2.20 bits per heavy atom. The highest BCUT2D eigenvalue weighted by atomic mass is 16.5. The van der Waals surface area contributed by atoms with Gasteiger partial charge in [-0.15, -0.1) is 0 Å². The molecule has 8 nitrogen and oxygen atoms in total. The Labute approximate surface area is 204 Å². The summed E-state index contributed by atoms with van der Waals surface area (Å²) in [7, 11) is 0. The molecule has 5 rings (SSSR count). The standard InChI is InChI=1S/C27H30N2O6/c30-25(28-23-12-6-5-11-20(23)26(31)32)22-13-34-15-24(22)29-27(33)35-14-21-18-9-3-1-7-16(18)17-8-2-4-10-19(17)21/h1-4,7-10,20-24H,5-6,11-15H2,(H,28,30)(H,29,33)(H,31,32)/t20-,22?,23+,24?/m1/s1. The van der Waals surface area contributed by atoms with Crippen LogP contribution < -0.4 is 10.6 Å². The molecule has 0 bridgehead atoms. The number of carboxylic acid groups (broad SMARTS) is 1. The zero-order valence-electron chi connectivity index (χ0n) is 19.4. The fourth-order valence-electron chi connectivity index (χ4n) is 5.64. The first-order chi connectivity index (χ1) is 17.0. The number of ether oxygens (including phenoxy) is 2. The van der Waals surface area contributed by atoms with Crippen molar-refractivity contribution in [2.24, 2.45) is 11.8 Å². The first kappa shape index (κ1) is 23.4. The number of aliphatic carboxylic acids is 1. The van der Waals surface area contributed by atoms with Crippen LogP contribution in [0.2, 0.25) is 0 Å². The van der Waals surface area contributed by atoms with Crippen LogP contribution in [-0.2, 0) is 19.1 Å². The van der Waals surface area contributed by atoms with Crippen molar-refractivity contribution in [1.82, 2.24) is 10.6 Å². The number of nitrogens with one attached hydrogen (secondary N) is 2. The Hall–Kier alpha value is -3.39. The smallest absolute Gasteiger partial charge is 0.407 e. The average molecular weight is 479 g/mol. The molecule has 1 heterocycles. The molecule has 2 aromatic carbocycles. The average Bonchev–Trinajstić information content (AvgIpc) is 3.45. The third-order valence-electron chi connectivity index (χ3n) is 7.48. The van der Waals surface area contributed by atoms with Crippen molar-refractivity contribution in [3.63, 3.8) is 0 Å². The third kappa shape index (κ3) is 4.75. The maximum Gasteiger partial charge on any atom is 0.407 e. The van der Waals surface area contributed by atoms with Crippen LogP contribution in [0.25, 0.3) is 11.1 Å². The van der Waals surface area contributed by atoms with Gasteiger partial charge >= 0.3 is 12.1 Å². The van der Waals surface area contributed by atoms with E-state index in [4.69, 9.17) is 9.47 Å². The van der Waals surface area contributed by atoms with E-state index in [1.165, 1.54) is 0 Å². The maximum absolute atomic E-state index is 12.9. The van der Waals surface area contributed by atoms with E-state index in [1.54, 1.807) is 0 Å². The normalized spacial score (nSPS) is 25.4. The zero-order valence-corrected chi connectivity index (χ0v) is 19.4. The van der Waals surface area contributed by atoms with Crippen molar-refractivity contribution < 1.29 is 29.0 Å². The molecule has 184 valence electrons. The number of alkyl carbamates (subject to hydrolysis) is 1. The van der Waals surface area contributed by atoms with Gasteiger partial charge in [0.1, 0.15) is 6.61 Å². The van der Waals surface area contributed by atoms with Gasteiger partial charge in [-0.1, -0.05) is 61.4 Å². The molecular formula is C27H30N2O6. The highest BCUT2D eigenvalue weighted by Crippen LogP contribution is 2.44. The number of hydrogen-bond acceptors (Lipinski definition) is 5. The van der Waals surface area contributed by atoms with E-state index >= 15 is 0 Å². The Morgan fingerprint density at radius 1 is 0.857 bits per heavy atom. The summed E-state index contributed by atoms with van der Waals surface area (Å²) in [6, 6.07) is 15.3. The number of benzene rings is 2. The number of amides is 2. The van der Waals surface area contributed by atoms with Crippen molar-refractivity contribution in [3.05, 3.63) is 59.7 Å². The van der Waals surface area contributed by atoms with Crippen molar-refractivity contribution in [1.29, 1.82) is 0 Å². The second kappa shape index (κ2) is 10.1. The van der Waals surface area contributed by atoms with Gasteiger partial charge in [0.2, 0.25) is 5.91 Å². The number of carboxylic acids is 1. The van der Waals surface area contributed by atoms with Crippen LogP contribution in [0.4, 0.5) is 4.79 Å². The molecule has 2 fully saturated rings. The van der Waals surface area contributed by atoms with Gasteiger partial charge in [0, 0.05) is 12.0 Å². The summed E-state index contributed by atoms with van der Waals surface area (Å²) in [6.45, 7) is 0.562. The number of carbonyl (C=O) groups is 3. The van der Waals surface area contributed by atoms with Gasteiger partial charge in [-0.25, -0.2) is 4.79 Å². The van der Waals surface area contributed by atoms with E-state index in [0.29, 0.717) is 12.8 Å². The molecule has 35 heavy (non-hydrogen) atoms. The predicted octanol–water partition coefficient (Wildman–Crippen LogP) is 3.30. The van der Waals surface area contributed by atoms with Crippen LogP contribution in [0.1, 0.15) is 42.7 Å². The molecule has 0 spiro atoms. The Morgan fingerprint density at radius 2 is 1.51 bits per heavy atom. The second-order valence-electron chi connectivity index (χ2n) is 9.56. The quantitative estimate of drug-likeness (QED) is 0.587. The summed E-state index contributed by atoms with van der Waals surface area (Å²) in [6.07, 6.45) is 2.34. The number of hydrogen-bond donors (Lipinski definition) is 3. The minimum atomic E-state index is -0.883. The first-order valence-corrected chi connectivity index (χ1v) is 12.3. The number of rotatable bonds is 6. The summed E-state index contributed by atoms with van der Waals surface area (Å²) in [4.78, 5) is 37.2. The van der Waals surface area contributed by atoms with Gasteiger partial charge in [-0.3, -0.25) is 9.59 Å².